The topological polar surface area (TPSA) is 413 Å². The number of Topliss-reactive ketones (excluding diaryl/α,β-unsaturated/α-hetero) is 2. The Morgan fingerprint density at radius 3 is 1.24 bits per heavy atom. The van der Waals surface area contributed by atoms with E-state index in [1.54, 1.807) is 75.4 Å². The summed E-state index contributed by atoms with van der Waals surface area (Å²) < 4.78 is 63.5. The van der Waals surface area contributed by atoms with Crippen molar-refractivity contribution in [3.63, 3.8) is 0 Å². The summed E-state index contributed by atoms with van der Waals surface area (Å²) >= 11 is 0. The lowest BCUT2D eigenvalue weighted by Crippen LogP contribution is -2.61. The molecule has 6 aliphatic heterocycles. The second-order valence-electron chi connectivity index (χ2n) is 42.5. The molecule has 34 atom stereocenters. The minimum absolute atomic E-state index is 0.0359. The molecule has 29 nitrogen and oxygen atoms in total. The van der Waals surface area contributed by atoms with Crippen molar-refractivity contribution in [2.75, 3.05) is 62.9 Å². The fourth-order valence-electron chi connectivity index (χ4n) is 21.7. The maximum absolute atomic E-state index is 14.4. The number of aliphatic hydroxyl groups is 10. The predicted octanol–water partition coefficient (Wildman–Crippen LogP) is 14.2. The van der Waals surface area contributed by atoms with Gasteiger partial charge >= 0.3 is 11.9 Å². The molecule has 0 spiro atoms. The second kappa shape index (κ2) is 58.0. The molecule has 9 rings (SSSR count). The van der Waals surface area contributed by atoms with Gasteiger partial charge in [0.2, 0.25) is 11.6 Å². The third-order valence-corrected chi connectivity index (χ3v) is 31.5. The smallest absolute Gasteiger partial charge is 0.329 e. The van der Waals surface area contributed by atoms with Crippen LogP contribution in [0.25, 0.3) is 0 Å². The Morgan fingerprint density at radius 1 is 0.429 bits per heavy atom. The number of rotatable bonds is 13. The Kier molecular flexibility index (Phi) is 49.8. The Labute approximate surface area is 835 Å². The van der Waals surface area contributed by atoms with Gasteiger partial charge in [-0.05, 0) is 251 Å². The van der Waals surface area contributed by atoms with Gasteiger partial charge in [-0.15, -0.1) is 0 Å². The van der Waals surface area contributed by atoms with E-state index in [9.17, 15) is 79.8 Å². The number of nitrogens with zero attached hydrogens (tertiary/aromatic N) is 2. The Balaban J connectivity index is 0.000000342. The van der Waals surface area contributed by atoms with Crippen molar-refractivity contribution < 1.29 is 132 Å². The average Bonchev–Trinajstić information content (AvgIpc) is 0.773. The van der Waals surface area contributed by atoms with Crippen molar-refractivity contribution in [1.82, 2.24) is 9.80 Å². The van der Waals surface area contributed by atoms with Gasteiger partial charge < -0.3 is 113 Å². The van der Waals surface area contributed by atoms with Gasteiger partial charge in [0.05, 0.1) is 81.4 Å². The van der Waals surface area contributed by atoms with Crippen molar-refractivity contribution in [3.05, 3.63) is 119 Å². The first-order valence-electron chi connectivity index (χ1n) is 51.8. The predicted molar refractivity (Wildman–Crippen MR) is 537 cm³/mol. The molecule has 4 unspecified atom stereocenters. The first-order chi connectivity index (χ1) is 66.2. The van der Waals surface area contributed by atoms with Crippen molar-refractivity contribution in [1.29, 1.82) is 0 Å². The van der Waals surface area contributed by atoms with E-state index in [0.717, 1.165) is 41.1 Å². The molecule has 2 saturated carbocycles. The van der Waals surface area contributed by atoms with Crippen molar-refractivity contribution in [2.24, 2.45) is 76.9 Å². The zero-order chi connectivity index (χ0) is 104. The molecule has 6 heterocycles. The molecule has 140 heavy (non-hydrogen) atoms. The molecule has 10 N–H and O–H groups in total. The van der Waals surface area contributed by atoms with Crippen molar-refractivity contribution in [3.8, 4) is 11.5 Å². The Hall–Kier alpha value is -6.72. The molecule has 8 aliphatic rings. The average molecular weight is 1970 g/mol. The first kappa shape index (κ1) is 120. The molecule has 2 amide bonds. The van der Waals surface area contributed by atoms with Crippen LogP contribution < -0.4 is 9.47 Å². The molecular formula is C111H178N2O27. The van der Waals surface area contributed by atoms with E-state index in [4.69, 9.17) is 52.1 Å². The van der Waals surface area contributed by atoms with Crippen LogP contribution in [0.1, 0.15) is 264 Å². The number of ketones is 2. The third kappa shape index (κ3) is 33.9. The van der Waals surface area contributed by atoms with Crippen LogP contribution in [0.4, 0.5) is 0 Å². The molecule has 1 aromatic rings. The van der Waals surface area contributed by atoms with Gasteiger partial charge in [0.1, 0.15) is 60.2 Å². The number of methoxy groups -OCH3 is 7. The van der Waals surface area contributed by atoms with E-state index in [1.165, 1.54) is 24.0 Å². The van der Waals surface area contributed by atoms with Crippen LogP contribution in [0.15, 0.2) is 113 Å². The molecule has 1 aromatic carbocycles. The summed E-state index contributed by atoms with van der Waals surface area (Å²) in [5.41, 5.74) is 4.12. The van der Waals surface area contributed by atoms with Crippen LogP contribution in [-0.2, 0) is 71.4 Å². The second-order valence-corrected chi connectivity index (χ2v) is 42.5. The number of fused-ring (bicyclic) bond motifs is 6. The SMILES string of the molecule is CO[C@H]1[C@@H](O)[C@H](C)C[C@H](C)/C=C/C=C/C=C(\C)[C@@H](C)CC2CC[C@@H](C)[C@@](O)(O2)C(=O)C(=O)N2CCCCC2C(=O)O[C@H]([C@H](C)C[C@@H]2CC[C@@H](O)[C@H](OC)C2)C[C@H](O)[C@H](C)/C=C(\C)[C@@H]1O.CO[C@H]1[C@@H](O)[C@H](C)C[C@H](C)/C=C/C=CC=C(C)[C@@H](OC)CC2CC[C@@H](C)[C@@](O)(O2)C(=O)C(=O)N2CCCCC2C(=O)O[C@H]([C@H](C)C[C@@H]2CC[C@@H](O)[C@H](OC)C2)C[C@H](O)[C@H](C)/C=C(\C)[C@@H]1O.COc1ccc(C)c(OC)c1. The lowest BCUT2D eigenvalue weighted by atomic mass is 9.78. The summed E-state index contributed by atoms with van der Waals surface area (Å²) in [6.45, 7) is 30.7. The van der Waals surface area contributed by atoms with E-state index < -0.39 is 174 Å². The first-order valence-corrected chi connectivity index (χ1v) is 51.8. The van der Waals surface area contributed by atoms with Crippen molar-refractivity contribution in [2.45, 2.75) is 392 Å². The number of allylic oxidation sites excluding steroid dienone is 11. The summed E-state index contributed by atoms with van der Waals surface area (Å²) in [4.78, 5) is 88.1. The highest BCUT2D eigenvalue weighted by molar-refractivity contribution is 6.39. The number of amides is 2. The fourth-order valence-corrected chi connectivity index (χ4v) is 21.7. The number of cyclic esters (lactones) is 2. The van der Waals surface area contributed by atoms with Crippen LogP contribution in [-0.4, -0.2) is 286 Å². The van der Waals surface area contributed by atoms with Gasteiger partial charge in [-0.25, -0.2) is 9.59 Å². The summed E-state index contributed by atoms with van der Waals surface area (Å²) in [6.07, 6.45) is 22.5. The minimum atomic E-state index is -2.41. The number of carbonyl (C=O) groups excluding carboxylic acids is 6. The van der Waals surface area contributed by atoms with Crippen LogP contribution >= 0.6 is 0 Å². The number of carbonyl (C=O) groups is 6. The van der Waals surface area contributed by atoms with Gasteiger partial charge in [-0.2, -0.15) is 0 Å². The van der Waals surface area contributed by atoms with Gasteiger partial charge in [0, 0.05) is 97.6 Å². The normalized spacial score (nSPS) is 39.7. The molecule has 0 radical (unpaired) electrons. The van der Waals surface area contributed by atoms with Gasteiger partial charge in [0.25, 0.3) is 23.4 Å². The van der Waals surface area contributed by atoms with Crippen LogP contribution in [0.2, 0.25) is 0 Å². The molecule has 2 aliphatic carbocycles. The molecule has 6 fully saturated rings. The summed E-state index contributed by atoms with van der Waals surface area (Å²) in [7, 11) is 11.0. The lowest BCUT2D eigenvalue weighted by molar-refractivity contribution is -0.265. The highest BCUT2D eigenvalue weighted by Crippen LogP contribution is 2.43. The van der Waals surface area contributed by atoms with Crippen LogP contribution in [0.3, 0.4) is 0 Å². The number of hydrogen-bond donors (Lipinski definition) is 10. The monoisotopic (exact) mass is 1970 g/mol. The number of hydrogen-bond acceptors (Lipinski definition) is 27. The summed E-state index contributed by atoms with van der Waals surface area (Å²) in [5.74, 6) is -11.4. The molecule has 4 bridgehead atoms. The number of benzene rings is 1. The molecular weight excluding hydrogens is 1790 g/mol. The number of piperidine rings is 2. The van der Waals surface area contributed by atoms with Gasteiger partial charge in [-0.1, -0.05) is 161 Å². The van der Waals surface area contributed by atoms with Gasteiger partial charge in [-0.3, -0.25) is 19.2 Å². The maximum atomic E-state index is 14.4. The zero-order valence-corrected chi connectivity index (χ0v) is 88.3. The Morgan fingerprint density at radius 2 is 0.843 bits per heavy atom. The number of aliphatic hydroxyl groups excluding tert-OH is 8. The number of aryl methyl sites for hydroxylation is 1. The fraction of sp³-hybridized carbons (Fsp3) is 0.748. The number of esters is 2. The van der Waals surface area contributed by atoms with E-state index in [1.807, 2.05) is 135 Å². The van der Waals surface area contributed by atoms with Crippen molar-refractivity contribution >= 4 is 35.3 Å². The van der Waals surface area contributed by atoms with E-state index in [-0.39, 0.29) is 104 Å². The van der Waals surface area contributed by atoms with Crippen LogP contribution in [0.5, 0.6) is 11.5 Å². The van der Waals surface area contributed by atoms with E-state index in [0.29, 0.717) is 127 Å². The molecule has 29 heteroatoms. The zero-order valence-electron chi connectivity index (χ0n) is 88.3. The quantitative estimate of drug-likeness (QED) is 0.0498. The highest BCUT2D eigenvalue weighted by Gasteiger charge is 2.56. The highest BCUT2D eigenvalue weighted by atomic mass is 16.6. The van der Waals surface area contributed by atoms with E-state index in [2.05, 4.69) is 26.8 Å². The third-order valence-electron chi connectivity index (χ3n) is 31.5. The summed E-state index contributed by atoms with van der Waals surface area (Å²) in [5, 5.41) is 114. The maximum Gasteiger partial charge on any atom is 0.329 e. The molecule has 4 saturated heterocycles. The summed E-state index contributed by atoms with van der Waals surface area (Å²) in [6, 6.07) is 3.57. The molecule has 794 valence electrons. The Bertz CT molecular complexity index is 4270. The van der Waals surface area contributed by atoms with Crippen LogP contribution in [0, 0.1) is 83.9 Å². The van der Waals surface area contributed by atoms with Gasteiger partial charge in [0.15, 0.2) is 0 Å². The lowest BCUT2D eigenvalue weighted by Gasteiger charge is -2.43. The standard InChI is InChI=1S/C51H83NO13.C51H83NO12.C9H12O2/c1-30-16-12-11-13-17-31(2)42(61-8)28-38-21-19-36(7)51(60,65-38)48(57)49(58)52-23-15-14-18-39(52)50(59)64-43(33(4)26-37-20-22-40(53)44(27-37)62-9)29-41(54)32(3)25-35(6)46(56)47(63-10)45(55)34(5)24-30;1-30-16-12-11-13-17-31(2)32(3)27-39-21-19-37(8)51(60,64-39)48(57)49(58)52-23-15-14-18-40(52)50(59)63-43(34(5)26-38-20-22-41(53)44(28-38)61-9)29-42(54)33(4)25-36(7)46(56)47(62-10)45(55)35(6)24-30;1-7-4-5-8(10-2)6-9(7)11-3/h11-13,16-17,25,30,32-34,36-47,53-56,60H,14-15,18-24,26-29H2,1-10H3;11-13,16-17,25,30,32-35,37-47,53-56,60H,14-15,18-24,26-29H2,1-10H3;4-6H,1-3H3/b13-11?,16-12+,31-17?,35-25+;13-11+,16-12+,31-17+,36-25+;/t30-,32-,33-,34-,36-,37+,38?,39?,40-,41+,42+,43+,44-,45+,46+,47+,51-;30-,32+,33-,34-,35-,37-,38+,39?,40?,41-,42+,43+,44-,45+,46+,47+,51-;/m11./s1. The minimum Gasteiger partial charge on any atom is -0.497 e. The molecule has 0 aromatic heterocycles. The number of ether oxygens (including phenoxy) is 11. The largest absolute Gasteiger partial charge is 0.497 e. The van der Waals surface area contributed by atoms with E-state index >= 15 is 0 Å².